The first-order chi connectivity index (χ1) is 7.31. The van der Waals surface area contributed by atoms with E-state index >= 15 is 0 Å². The lowest BCUT2D eigenvalue weighted by molar-refractivity contribution is 0.501. The number of rotatable bonds is 4. The standard InChI is InChI=1S/C11H18N2OS/c1-2-6-12-7-8-4-3-5-9-10(8)13-11(14)15-9/h8,12H,2-7H2,1H3,(H,13,14). The fraction of sp³-hybridized carbons (Fsp3) is 0.727. The van der Waals surface area contributed by atoms with Crippen molar-refractivity contribution in [2.24, 2.45) is 0 Å². The highest BCUT2D eigenvalue weighted by Crippen LogP contribution is 2.30. The van der Waals surface area contributed by atoms with Crippen LogP contribution >= 0.6 is 11.3 Å². The zero-order valence-corrected chi connectivity index (χ0v) is 9.95. The van der Waals surface area contributed by atoms with Gasteiger partial charge in [-0.15, -0.1) is 0 Å². The van der Waals surface area contributed by atoms with Gasteiger partial charge in [0, 0.05) is 23.0 Å². The van der Waals surface area contributed by atoms with Crippen molar-refractivity contribution in [1.29, 1.82) is 0 Å². The Morgan fingerprint density at radius 2 is 2.47 bits per heavy atom. The lowest BCUT2D eigenvalue weighted by Crippen LogP contribution is -2.25. The molecule has 1 atom stereocenters. The molecule has 1 aliphatic carbocycles. The number of hydrogen-bond acceptors (Lipinski definition) is 3. The number of aryl methyl sites for hydroxylation is 1. The lowest BCUT2D eigenvalue weighted by atomic mass is 9.91. The molecule has 0 radical (unpaired) electrons. The highest BCUT2D eigenvalue weighted by molar-refractivity contribution is 7.09. The van der Waals surface area contributed by atoms with Crippen LogP contribution in [0.1, 0.15) is 42.7 Å². The van der Waals surface area contributed by atoms with Crippen LogP contribution in [-0.4, -0.2) is 18.1 Å². The van der Waals surface area contributed by atoms with Crippen LogP contribution in [0.5, 0.6) is 0 Å². The number of thiazole rings is 1. The highest BCUT2D eigenvalue weighted by Gasteiger charge is 2.22. The van der Waals surface area contributed by atoms with Crippen LogP contribution in [0.4, 0.5) is 0 Å². The summed E-state index contributed by atoms with van der Waals surface area (Å²) < 4.78 is 0. The van der Waals surface area contributed by atoms with Gasteiger partial charge in [0.2, 0.25) is 0 Å². The molecule has 1 unspecified atom stereocenters. The van der Waals surface area contributed by atoms with Crippen LogP contribution in [0.25, 0.3) is 0 Å². The van der Waals surface area contributed by atoms with E-state index in [1.54, 1.807) is 0 Å². The number of fused-ring (bicyclic) bond motifs is 1. The molecule has 2 rings (SSSR count). The number of nitrogens with one attached hydrogen (secondary N) is 2. The summed E-state index contributed by atoms with van der Waals surface area (Å²) in [6.07, 6.45) is 4.68. The minimum absolute atomic E-state index is 0.113. The highest BCUT2D eigenvalue weighted by atomic mass is 32.1. The Morgan fingerprint density at radius 1 is 1.60 bits per heavy atom. The summed E-state index contributed by atoms with van der Waals surface area (Å²) in [5.41, 5.74) is 1.21. The van der Waals surface area contributed by atoms with Crippen molar-refractivity contribution in [3.8, 4) is 0 Å². The molecule has 1 aromatic heterocycles. The van der Waals surface area contributed by atoms with Crippen molar-refractivity contribution in [2.75, 3.05) is 13.1 Å². The molecule has 15 heavy (non-hydrogen) atoms. The van der Waals surface area contributed by atoms with Crippen molar-refractivity contribution < 1.29 is 0 Å². The zero-order valence-electron chi connectivity index (χ0n) is 9.14. The molecule has 0 spiro atoms. The van der Waals surface area contributed by atoms with E-state index in [-0.39, 0.29) is 4.87 Å². The van der Waals surface area contributed by atoms with E-state index in [1.165, 1.54) is 41.2 Å². The second kappa shape index (κ2) is 4.94. The molecule has 1 heterocycles. The molecule has 4 heteroatoms. The molecule has 1 aromatic rings. The third-order valence-corrected chi connectivity index (χ3v) is 3.89. The number of H-pyrrole nitrogens is 1. The maximum Gasteiger partial charge on any atom is 0.304 e. The summed E-state index contributed by atoms with van der Waals surface area (Å²) in [5.74, 6) is 0.527. The van der Waals surface area contributed by atoms with Gasteiger partial charge >= 0.3 is 4.87 Å². The van der Waals surface area contributed by atoms with Gasteiger partial charge in [0.25, 0.3) is 0 Å². The van der Waals surface area contributed by atoms with Crippen LogP contribution in [-0.2, 0) is 6.42 Å². The number of hydrogen-bond donors (Lipinski definition) is 2. The van der Waals surface area contributed by atoms with Crippen molar-refractivity contribution in [3.63, 3.8) is 0 Å². The zero-order chi connectivity index (χ0) is 10.7. The predicted octanol–water partition coefficient (Wildman–Crippen LogP) is 1.86. The SMILES string of the molecule is CCCNCC1CCCc2sc(=O)[nH]c21. The normalized spacial score (nSPS) is 20.2. The average molecular weight is 226 g/mol. The minimum atomic E-state index is 0.113. The summed E-state index contributed by atoms with van der Waals surface area (Å²) in [6.45, 7) is 4.25. The van der Waals surface area contributed by atoms with Gasteiger partial charge in [0.15, 0.2) is 0 Å². The minimum Gasteiger partial charge on any atom is -0.316 e. The van der Waals surface area contributed by atoms with Gasteiger partial charge in [-0.05, 0) is 32.2 Å². The lowest BCUT2D eigenvalue weighted by Gasteiger charge is -2.21. The van der Waals surface area contributed by atoms with Gasteiger partial charge in [0.05, 0.1) is 0 Å². The predicted molar refractivity (Wildman–Crippen MR) is 63.8 cm³/mol. The third-order valence-electron chi connectivity index (χ3n) is 2.94. The number of aromatic nitrogens is 1. The summed E-state index contributed by atoms with van der Waals surface area (Å²) in [4.78, 5) is 15.7. The van der Waals surface area contributed by atoms with Crippen molar-refractivity contribution in [1.82, 2.24) is 10.3 Å². The Hall–Kier alpha value is -0.610. The molecule has 2 N–H and O–H groups in total. The first kappa shape index (κ1) is 10.9. The molecule has 0 aliphatic heterocycles. The second-order valence-corrected chi connectivity index (χ2v) is 5.21. The van der Waals surface area contributed by atoms with Gasteiger partial charge in [-0.2, -0.15) is 0 Å². The monoisotopic (exact) mass is 226 g/mol. The van der Waals surface area contributed by atoms with E-state index in [4.69, 9.17) is 0 Å². The molecular formula is C11H18N2OS. The van der Waals surface area contributed by atoms with E-state index < -0.39 is 0 Å². The Kier molecular flexibility index (Phi) is 3.59. The van der Waals surface area contributed by atoms with Crippen molar-refractivity contribution >= 4 is 11.3 Å². The molecule has 84 valence electrons. The largest absolute Gasteiger partial charge is 0.316 e. The quantitative estimate of drug-likeness (QED) is 0.770. The molecule has 1 aliphatic rings. The third kappa shape index (κ3) is 2.49. The Morgan fingerprint density at radius 3 is 3.27 bits per heavy atom. The Bertz CT molecular complexity index is 369. The van der Waals surface area contributed by atoms with E-state index in [1.807, 2.05) is 0 Å². The van der Waals surface area contributed by atoms with Crippen LogP contribution in [0.3, 0.4) is 0 Å². The van der Waals surface area contributed by atoms with E-state index in [2.05, 4.69) is 17.2 Å². The maximum absolute atomic E-state index is 11.3. The molecule has 3 nitrogen and oxygen atoms in total. The summed E-state index contributed by atoms with van der Waals surface area (Å²) in [6, 6.07) is 0. The van der Waals surface area contributed by atoms with Crippen LogP contribution in [0.15, 0.2) is 4.79 Å². The van der Waals surface area contributed by atoms with Crippen molar-refractivity contribution in [3.05, 3.63) is 20.2 Å². The topological polar surface area (TPSA) is 44.9 Å². The molecule has 0 saturated heterocycles. The fourth-order valence-electron chi connectivity index (χ4n) is 2.20. The summed E-state index contributed by atoms with van der Waals surface area (Å²) in [5, 5.41) is 3.44. The van der Waals surface area contributed by atoms with Crippen LogP contribution < -0.4 is 10.2 Å². The molecule has 0 saturated carbocycles. The molecule has 0 aromatic carbocycles. The Labute approximate surface area is 93.9 Å². The molecule has 0 amide bonds. The van der Waals surface area contributed by atoms with Gasteiger partial charge < -0.3 is 10.3 Å². The number of aromatic amines is 1. The summed E-state index contributed by atoms with van der Waals surface area (Å²) >= 11 is 1.39. The summed E-state index contributed by atoms with van der Waals surface area (Å²) in [7, 11) is 0. The van der Waals surface area contributed by atoms with Gasteiger partial charge in [-0.1, -0.05) is 18.3 Å². The van der Waals surface area contributed by atoms with Crippen LogP contribution in [0, 0.1) is 0 Å². The molecule has 0 fully saturated rings. The second-order valence-electron chi connectivity index (χ2n) is 4.14. The van der Waals surface area contributed by atoms with Gasteiger partial charge in [-0.25, -0.2) is 0 Å². The smallest absolute Gasteiger partial charge is 0.304 e. The molecular weight excluding hydrogens is 208 g/mol. The maximum atomic E-state index is 11.3. The van der Waals surface area contributed by atoms with Gasteiger partial charge in [0.1, 0.15) is 0 Å². The fourth-order valence-corrected chi connectivity index (χ4v) is 3.16. The average Bonchev–Trinajstić information content (AvgIpc) is 2.59. The van der Waals surface area contributed by atoms with E-state index in [9.17, 15) is 4.79 Å². The first-order valence-corrected chi connectivity index (χ1v) is 6.55. The first-order valence-electron chi connectivity index (χ1n) is 5.74. The van der Waals surface area contributed by atoms with Gasteiger partial charge in [-0.3, -0.25) is 4.79 Å². The van der Waals surface area contributed by atoms with Crippen LogP contribution in [0.2, 0.25) is 0 Å². The van der Waals surface area contributed by atoms with Crippen molar-refractivity contribution in [2.45, 2.75) is 38.5 Å². The van der Waals surface area contributed by atoms with E-state index in [0.29, 0.717) is 5.92 Å². The molecule has 0 bridgehead atoms. The van der Waals surface area contributed by atoms with E-state index in [0.717, 1.165) is 19.5 Å². The Balaban J connectivity index is 2.05.